The summed E-state index contributed by atoms with van der Waals surface area (Å²) in [6.45, 7) is 1.24. The van der Waals surface area contributed by atoms with Crippen molar-refractivity contribution >= 4 is 40.8 Å². The minimum atomic E-state index is -2.96. The highest BCUT2D eigenvalue weighted by atomic mass is 35.5. The Hall–Kier alpha value is -3.61. The van der Waals surface area contributed by atoms with Crippen LogP contribution in [0.5, 0.6) is 5.75 Å². The molecule has 3 aliphatic carbocycles. The average molecular weight is 655 g/mol. The number of aliphatic hydroxyl groups excluding tert-OH is 5. The number of primary amides is 1. The molecule has 1 heterocycles. The summed E-state index contributed by atoms with van der Waals surface area (Å²) in [5.74, 6) is -10.9. The third-order valence-electron chi connectivity index (χ3n) is 9.11. The number of hydrogen-bond acceptors (Lipinski definition) is 14. The van der Waals surface area contributed by atoms with Crippen molar-refractivity contribution in [2.75, 3.05) is 14.1 Å². The molecule has 0 bridgehead atoms. The summed E-state index contributed by atoms with van der Waals surface area (Å²) in [4.78, 5) is 52.6. The molecular formula is C28H31ClN2O14. The van der Waals surface area contributed by atoms with Gasteiger partial charge >= 0.3 is 5.97 Å². The smallest absolute Gasteiger partial charge is 0.335 e. The summed E-state index contributed by atoms with van der Waals surface area (Å²) >= 11 is 6.48. The van der Waals surface area contributed by atoms with Gasteiger partial charge in [0.05, 0.1) is 17.2 Å². The van der Waals surface area contributed by atoms with Crippen LogP contribution in [0.25, 0.3) is 5.76 Å². The zero-order valence-electron chi connectivity index (χ0n) is 23.9. The maximum absolute atomic E-state index is 14.2. The second-order valence-corrected chi connectivity index (χ2v) is 12.3. The molecule has 244 valence electrons. The van der Waals surface area contributed by atoms with E-state index in [-0.39, 0.29) is 10.6 Å². The highest BCUT2D eigenvalue weighted by molar-refractivity contribution is 6.32. The minimum Gasteiger partial charge on any atom is -0.508 e. The number of amides is 1. The van der Waals surface area contributed by atoms with E-state index in [0.29, 0.717) is 0 Å². The molecule has 1 aromatic rings. The van der Waals surface area contributed by atoms with Crippen molar-refractivity contribution in [3.8, 4) is 5.75 Å². The summed E-state index contributed by atoms with van der Waals surface area (Å²) in [7, 11) is 2.86. The normalized spacial score (nSPS) is 38.1. The molecule has 1 aromatic carbocycles. The van der Waals surface area contributed by atoms with Crippen molar-refractivity contribution in [1.82, 2.24) is 4.90 Å². The number of ether oxygens (including phenoxy) is 2. The Morgan fingerprint density at radius 2 is 1.71 bits per heavy atom. The molecule has 0 aromatic heterocycles. The monoisotopic (exact) mass is 654 g/mol. The molecule has 1 amide bonds. The van der Waals surface area contributed by atoms with Crippen LogP contribution in [-0.2, 0) is 29.5 Å². The fourth-order valence-electron chi connectivity index (χ4n) is 6.94. The molecule has 1 aliphatic heterocycles. The molecule has 5 rings (SSSR count). The van der Waals surface area contributed by atoms with Gasteiger partial charge in [0.25, 0.3) is 5.91 Å². The van der Waals surface area contributed by atoms with E-state index in [1.807, 2.05) is 0 Å². The lowest BCUT2D eigenvalue weighted by Gasteiger charge is -2.53. The number of nitrogens with two attached hydrogens (primary N) is 1. The van der Waals surface area contributed by atoms with Gasteiger partial charge in [-0.25, -0.2) is 4.79 Å². The number of aliphatic carboxylic acids is 1. The molecule has 1 saturated heterocycles. The zero-order chi connectivity index (χ0) is 33.7. The van der Waals surface area contributed by atoms with Gasteiger partial charge in [0.15, 0.2) is 17.5 Å². The van der Waals surface area contributed by atoms with Gasteiger partial charge in [-0.1, -0.05) is 11.6 Å². The van der Waals surface area contributed by atoms with Crippen LogP contribution in [-0.4, -0.2) is 126 Å². The van der Waals surface area contributed by atoms with E-state index < -0.39 is 124 Å². The second-order valence-electron chi connectivity index (χ2n) is 11.9. The first-order chi connectivity index (χ1) is 20.8. The number of rotatable bonds is 5. The lowest BCUT2D eigenvalue weighted by Crippen LogP contribution is -2.67. The summed E-state index contributed by atoms with van der Waals surface area (Å²) in [6.07, 6.45) is -10.5. The van der Waals surface area contributed by atoms with Crippen molar-refractivity contribution in [2.45, 2.75) is 61.3 Å². The number of carboxylic acid groups (broad SMARTS) is 1. The van der Waals surface area contributed by atoms with E-state index in [4.69, 9.17) is 26.8 Å². The van der Waals surface area contributed by atoms with E-state index >= 15 is 0 Å². The topological polar surface area (TPSA) is 278 Å². The van der Waals surface area contributed by atoms with Crippen LogP contribution in [0.15, 0.2) is 29.0 Å². The number of hydrogen-bond donors (Lipinski definition) is 9. The second kappa shape index (κ2) is 10.7. The first-order valence-electron chi connectivity index (χ1n) is 13.6. The summed E-state index contributed by atoms with van der Waals surface area (Å²) < 4.78 is 10.8. The predicted molar refractivity (Wildman–Crippen MR) is 148 cm³/mol. The standard InChI is InChI=1S/C28H31ClN2O14/c1-27(42)7-6-8-15(31(2)3)17(33)13(24(30)39)23(38)28(8,43)22(37)11(7)16(32)12-10(5-4-9(29)14(12)27)44-26-20(36)18(34)19(35)21(45-26)25(40)41/h4-5,7-8,15,18-21,26,32,34-36,38,42-43H,6H2,1-3H3,(H2,30,39)(H,40,41)/t7-,8-,15-,18?,19?,20?,21?,26?,27-,28-/m0/s1. The Morgan fingerprint density at radius 1 is 1.09 bits per heavy atom. The quantitative estimate of drug-likeness (QED) is 0.153. The van der Waals surface area contributed by atoms with Crippen molar-refractivity contribution in [2.24, 2.45) is 17.6 Å². The van der Waals surface area contributed by atoms with Gasteiger partial charge in [0, 0.05) is 28.0 Å². The van der Waals surface area contributed by atoms with Gasteiger partial charge in [0.1, 0.15) is 41.2 Å². The van der Waals surface area contributed by atoms with Gasteiger partial charge in [-0.15, -0.1) is 0 Å². The number of benzene rings is 1. The lowest BCUT2D eigenvalue weighted by atomic mass is 9.54. The fourth-order valence-corrected chi connectivity index (χ4v) is 7.29. The van der Waals surface area contributed by atoms with Crippen LogP contribution in [0, 0.1) is 11.8 Å². The Bertz CT molecular complexity index is 1590. The molecule has 17 heteroatoms. The molecule has 0 radical (unpaired) electrons. The molecule has 16 nitrogen and oxygen atoms in total. The SMILES string of the molecule is CN(C)[C@@H]1C(=O)C(C(N)=O)=C(O)[C@@]2(O)C(=O)C3=C(O)c4c(OC5OC(C(=O)O)C(O)C(O)C5O)ccc(Cl)c4[C@@](C)(O)[C@H]3C[C@@H]12. The van der Waals surface area contributed by atoms with E-state index in [1.165, 1.54) is 32.0 Å². The lowest BCUT2D eigenvalue weighted by molar-refractivity contribution is -0.271. The number of carboxylic acids is 1. The number of likely N-dealkylation sites (N-methyl/N-ethyl adjacent to an activating group) is 1. The largest absolute Gasteiger partial charge is 0.508 e. The third kappa shape index (κ3) is 4.47. The third-order valence-corrected chi connectivity index (χ3v) is 9.43. The maximum Gasteiger partial charge on any atom is 0.335 e. The average Bonchev–Trinajstić information content (AvgIpc) is 2.93. The highest BCUT2D eigenvalue weighted by Gasteiger charge is 2.67. The number of nitrogens with zero attached hydrogens (tertiary/aromatic N) is 1. The number of carbonyl (C=O) groups excluding carboxylic acids is 3. The fraction of sp³-hybridized carbons (Fsp3) is 0.500. The number of carbonyl (C=O) groups is 4. The minimum absolute atomic E-state index is 0.146. The molecule has 1 saturated carbocycles. The Morgan fingerprint density at radius 3 is 2.27 bits per heavy atom. The van der Waals surface area contributed by atoms with Crippen LogP contribution in [0.2, 0.25) is 5.02 Å². The van der Waals surface area contributed by atoms with Gasteiger partial charge < -0.3 is 56.1 Å². The molecular weight excluding hydrogens is 624 g/mol. The number of aliphatic hydroxyl groups is 7. The van der Waals surface area contributed by atoms with Crippen molar-refractivity contribution in [3.63, 3.8) is 0 Å². The van der Waals surface area contributed by atoms with Crippen molar-refractivity contribution in [1.29, 1.82) is 0 Å². The van der Waals surface area contributed by atoms with E-state index in [2.05, 4.69) is 0 Å². The summed E-state index contributed by atoms with van der Waals surface area (Å²) in [5, 5.41) is 86.4. The Balaban J connectivity index is 1.70. The molecule has 2 fully saturated rings. The van der Waals surface area contributed by atoms with Gasteiger partial charge in [0.2, 0.25) is 12.1 Å². The van der Waals surface area contributed by atoms with E-state index in [1.54, 1.807) is 0 Å². The van der Waals surface area contributed by atoms with Gasteiger partial charge in [-0.2, -0.15) is 0 Å². The van der Waals surface area contributed by atoms with Crippen LogP contribution < -0.4 is 10.5 Å². The molecule has 0 spiro atoms. The van der Waals surface area contributed by atoms with E-state index in [0.717, 1.165) is 6.07 Å². The van der Waals surface area contributed by atoms with Crippen LogP contribution in [0.4, 0.5) is 0 Å². The summed E-state index contributed by atoms with van der Waals surface area (Å²) in [6, 6.07) is 0.961. The van der Waals surface area contributed by atoms with Crippen LogP contribution >= 0.6 is 11.6 Å². The molecule has 45 heavy (non-hydrogen) atoms. The number of ketones is 2. The maximum atomic E-state index is 14.2. The Labute approximate surface area is 259 Å². The molecule has 4 aliphatic rings. The molecule has 5 unspecified atom stereocenters. The molecule has 10 atom stereocenters. The van der Waals surface area contributed by atoms with Crippen molar-refractivity contribution in [3.05, 3.63) is 45.2 Å². The van der Waals surface area contributed by atoms with Crippen molar-refractivity contribution < 1.29 is 69.5 Å². The first-order valence-corrected chi connectivity index (χ1v) is 14.0. The molecule has 10 N–H and O–H groups in total. The van der Waals surface area contributed by atoms with Gasteiger partial charge in [-0.3, -0.25) is 19.3 Å². The van der Waals surface area contributed by atoms with Crippen LogP contribution in [0.3, 0.4) is 0 Å². The Kier molecular flexibility index (Phi) is 7.82. The number of halogens is 1. The summed E-state index contributed by atoms with van der Waals surface area (Å²) in [5.41, 5.74) is -2.08. The first kappa shape index (κ1) is 32.8. The number of Topliss-reactive ketones (excluding diaryl/α,β-unsaturated/α-hetero) is 2. The van der Waals surface area contributed by atoms with Gasteiger partial charge in [-0.05, 0) is 39.6 Å². The zero-order valence-corrected chi connectivity index (χ0v) is 24.7. The van der Waals surface area contributed by atoms with E-state index in [9.17, 15) is 60.0 Å². The highest BCUT2D eigenvalue weighted by Crippen LogP contribution is 2.58. The van der Waals surface area contributed by atoms with Crippen LogP contribution in [0.1, 0.15) is 24.5 Å². The predicted octanol–water partition coefficient (Wildman–Crippen LogP) is -2.15. The number of fused-ring (bicyclic) bond motifs is 3.